The molecule has 0 amide bonds. The van der Waals surface area contributed by atoms with E-state index in [4.69, 9.17) is 0 Å². The van der Waals surface area contributed by atoms with Crippen molar-refractivity contribution in [3.8, 4) is 0 Å². The topological polar surface area (TPSA) is 15.3 Å². The molecular formula is C14H28N2S. The lowest BCUT2D eigenvalue weighted by Gasteiger charge is -2.30. The highest BCUT2D eigenvalue weighted by molar-refractivity contribution is 7.99. The van der Waals surface area contributed by atoms with Gasteiger partial charge in [-0.2, -0.15) is 11.8 Å². The smallest absolute Gasteiger partial charge is 0.00965 e. The molecule has 0 spiro atoms. The van der Waals surface area contributed by atoms with Gasteiger partial charge in [-0.3, -0.25) is 0 Å². The molecular weight excluding hydrogens is 228 g/mol. The lowest BCUT2D eigenvalue weighted by Crippen LogP contribution is -2.37. The SMILES string of the molecule is CCSCCCN(CC1CCNCC1)C1CC1. The summed E-state index contributed by atoms with van der Waals surface area (Å²) in [5.74, 6) is 3.60. The molecule has 1 saturated carbocycles. The summed E-state index contributed by atoms with van der Waals surface area (Å²) in [7, 11) is 0. The van der Waals surface area contributed by atoms with Crippen molar-refractivity contribution >= 4 is 11.8 Å². The number of nitrogens with one attached hydrogen (secondary N) is 1. The Labute approximate surface area is 111 Å². The first-order chi connectivity index (χ1) is 8.40. The molecule has 1 N–H and O–H groups in total. The molecule has 0 aromatic carbocycles. The van der Waals surface area contributed by atoms with E-state index >= 15 is 0 Å². The summed E-state index contributed by atoms with van der Waals surface area (Å²) in [6, 6.07) is 0.955. The fourth-order valence-corrected chi connectivity index (χ4v) is 3.39. The van der Waals surface area contributed by atoms with E-state index in [0.717, 1.165) is 12.0 Å². The lowest BCUT2D eigenvalue weighted by molar-refractivity contribution is 0.198. The largest absolute Gasteiger partial charge is 0.317 e. The van der Waals surface area contributed by atoms with E-state index in [9.17, 15) is 0 Å². The molecule has 2 aliphatic rings. The molecule has 100 valence electrons. The Bertz CT molecular complexity index is 200. The van der Waals surface area contributed by atoms with Crippen molar-refractivity contribution in [2.45, 2.75) is 45.1 Å². The van der Waals surface area contributed by atoms with Gasteiger partial charge in [0, 0.05) is 12.6 Å². The summed E-state index contributed by atoms with van der Waals surface area (Å²) in [6.45, 7) is 7.48. The van der Waals surface area contributed by atoms with Crippen LogP contribution in [0.4, 0.5) is 0 Å². The van der Waals surface area contributed by atoms with Crippen LogP contribution in [0, 0.1) is 5.92 Å². The Morgan fingerprint density at radius 2 is 1.94 bits per heavy atom. The molecule has 0 aromatic heterocycles. The van der Waals surface area contributed by atoms with Crippen LogP contribution in [0.5, 0.6) is 0 Å². The number of piperidine rings is 1. The summed E-state index contributed by atoms with van der Waals surface area (Å²) < 4.78 is 0. The van der Waals surface area contributed by atoms with Crippen LogP contribution < -0.4 is 5.32 Å². The molecule has 2 nitrogen and oxygen atoms in total. The predicted octanol–water partition coefficient (Wildman–Crippen LogP) is 2.59. The van der Waals surface area contributed by atoms with Crippen LogP contribution in [0.1, 0.15) is 39.0 Å². The molecule has 2 rings (SSSR count). The highest BCUT2D eigenvalue weighted by Crippen LogP contribution is 2.29. The molecule has 2 fully saturated rings. The predicted molar refractivity (Wildman–Crippen MR) is 77.8 cm³/mol. The second-order valence-electron chi connectivity index (χ2n) is 5.47. The first kappa shape index (κ1) is 13.7. The van der Waals surface area contributed by atoms with Gasteiger partial charge in [-0.25, -0.2) is 0 Å². The van der Waals surface area contributed by atoms with Gasteiger partial charge in [-0.15, -0.1) is 0 Å². The molecule has 0 atom stereocenters. The van der Waals surface area contributed by atoms with Crippen molar-refractivity contribution in [3.05, 3.63) is 0 Å². The number of nitrogens with zero attached hydrogens (tertiary/aromatic N) is 1. The van der Waals surface area contributed by atoms with Crippen LogP contribution in [0.2, 0.25) is 0 Å². The van der Waals surface area contributed by atoms with E-state index in [1.54, 1.807) is 0 Å². The number of hydrogen-bond donors (Lipinski definition) is 1. The zero-order valence-electron chi connectivity index (χ0n) is 11.3. The number of thioether (sulfide) groups is 1. The fourth-order valence-electron chi connectivity index (χ4n) is 2.77. The van der Waals surface area contributed by atoms with E-state index in [1.165, 1.54) is 69.8 Å². The van der Waals surface area contributed by atoms with Gasteiger partial charge >= 0.3 is 0 Å². The monoisotopic (exact) mass is 256 g/mol. The van der Waals surface area contributed by atoms with Gasteiger partial charge in [0.1, 0.15) is 0 Å². The van der Waals surface area contributed by atoms with Gasteiger partial charge in [0.25, 0.3) is 0 Å². The van der Waals surface area contributed by atoms with E-state index in [2.05, 4.69) is 28.9 Å². The zero-order valence-corrected chi connectivity index (χ0v) is 12.1. The van der Waals surface area contributed by atoms with E-state index in [-0.39, 0.29) is 0 Å². The Morgan fingerprint density at radius 1 is 1.18 bits per heavy atom. The van der Waals surface area contributed by atoms with Gasteiger partial charge in [-0.05, 0) is 69.2 Å². The van der Waals surface area contributed by atoms with Gasteiger partial charge in [-0.1, -0.05) is 6.92 Å². The second kappa shape index (κ2) is 7.65. The van der Waals surface area contributed by atoms with Crippen LogP contribution in [0.25, 0.3) is 0 Å². The summed E-state index contributed by atoms with van der Waals surface area (Å²) in [4.78, 5) is 2.80. The Morgan fingerprint density at radius 3 is 2.59 bits per heavy atom. The van der Waals surface area contributed by atoms with Crippen LogP contribution in [0.15, 0.2) is 0 Å². The first-order valence-corrected chi connectivity index (χ1v) is 8.58. The van der Waals surface area contributed by atoms with Gasteiger partial charge < -0.3 is 10.2 Å². The number of hydrogen-bond acceptors (Lipinski definition) is 3. The Hall–Kier alpha value is 0.270. The Kier molecular flexibility index (Phi) is 6.16. The maximum Gasteiger partial charge on any atom is 0.00965 e. The molecule has 17 heavy (non-hydrogen) atoms. The van der Waals surface area contributed by atoms with E-state index in [1.807, 2.05) is 0 Å². The maximum atomic E-state index is 3.47. The van der Waals surface area contributed by atoms with E-state index < -0.39 is 0 Å². The standard InChI is InChI=1S/C14H28N2S/c1-2-17-11-3-10-16(14-4-5-14)12-13-6-8-15-9-7-13/h13-15H,2-12H2,1H3. The first-order valence-electron chi connectivity index (χ1n) is 7.42. The second-order valence-corrected chi connectivity index (χ2v) is 6.86. The molecule has 0 radical (unpaired) electrons. The highest BCUT2D eigenvalue weighted by Gasteiger charge is 2.30. The average Bonchev–Trinajstić information content (AvgIpc) is 3.19. The molecule has 1 aliphatic carbocycles. The van der Waals surface area contributed by atoms with Gasteiger partial charge in [0.15, 0.2) is 0 Å². The molecule has 0 aromatic rings. The van der Waals surface area contributed by atoms with Gasteiger partial charge in [0.05, 0.1) is 0 Å². The van der Waals surface area contributed by atoms with Crippen LogP contribution in [-0.2, 0) is 0 Å². The fraction of sp³-hybridized carbons (Fsp3) is 1.00. The molecule has 1 saturated heterocycles. The molecule has 1 heterocycles. The normalized spacial score (nSPS) is 22.2. The third-order valence-electron chi connectivity index (χ3n) is 3.95. The summed E-state index contributed by atoms with van der Waals surface area (Å²) in [6.07, 6.45) is 7.11. The van der Waals surface area contributed by atoms with Crippen molar-refractivity contribution in [1.82, 2.24) is 10.2 Å². The summed E-state index contributed by atoms with van der Waals surface area (Å²) in [5, 5.41) is 3.47. The quantitative estimate of drug-likeness (QED) is 0.672. The van der Waals surface area contributed by atoms with Gasteiger partial charge in [0.2, 0.25) is 0 Å². The van der Waals surface area contributed by atoms with Crippen molar-refractivity contribution in [2.24, 2.45) is 5.92 Å². The maximum absolute atomic E-state index is 3.47. The minimum atomic E-state index is 0.955. The summed E-state index contributed by atoms with van der Waals surface area (Å²) in [5.41, 5.74) is 0. The summed E-state index contributed by atoms with van der Waals surface area (Å²) >= 11 is 2.09. The van der Waals surface area contributed by atoms with Crippen molar-refractivity contribution in [1.29, 1.82) is 0 Å². The highest BCUT2D eigenvalue weighted by atomic mass is 32.2. The molecule has 1 aliphatic heterocycles. The average molecular weight is 256 g/mol. The number of rotatable bonds is 8. The van der Waals surface area contributed by atoms with Crippen molar-refractivity contribution < 1.29 is 0 Å². The molecule has 0 unspecified atom stereocenters. The molecule has 3 heteroatoms. The lowest BCUT2D eigenvalue weighted by atomic mass is 9.97. The van der Waals surface area contributed by atoms with Crippen LogP contribution in [0.3, 0.4) is 0 Å². The zero-order chi connectivity index (χ0) is 11.9. The third kappa shape index (κ3) is 5.19. The Balaban J connectivity index is 1.65. The minimum absolute atomic E-state index is 0.955. The minimum Gasteiger partial charge on any atom is -0.317 e. The molecule has 0 bridgehead atoms. The van der Waals surface area contributed by atoms with E-state index in [0.29, 0.717) is 0 Å². The van der Waals surface area contributed by atoms with Crippen LogP contribution in [-0.4, -0.2) is 48.6 Å². The van der Waals surface area contributed by atoms with Crippen LogP contribution >= 0.6 is 11.8 Å². The van der Waals surface area contributed by atoms with Crippen molar-refractivity contribution in [3.63, 3.8) is 0 Å². The van der Waals surface area contributed by atoms with Crippen molar-refractivity contribution in [2.75, 3.05) is 37.7 Å². The third-order valence-corrected chi connectivity index (χ3v) is 4.94.